The Labute approximate surface area is 222 Å². The first-order chi connectivity index (χ1) is 18.6. The molecule has 1 atom stereocenters. The number of fused-ring (bicyclic) bond motifs is 1. The number of nitrogens with two attached hydrogens (primary N) is 1. The SMILES string of the molecule is NCc1cccc(-c2cc(OCCC3CCCOC3)c3occ(COc4ccccc4CC(=O)O)c3c2)c1. The molecule has 5 rings (SSSR count). The van der Waals surface area contributed by atoms with Crippen molar-refractivity contribution in [3.8, 4) is 22.6 Å². The van der Waals surface area contributed by atoms with Gasteiger partial charge in [-0.25, -0.2) is 0 Å². The number of para-hydroxylation sites is 1. The lowest BCUT2D eigenvalue weighted by Crippen LogP contribution is -2.19. The van der Waals surface area contributed by atoms with Gasteiger partial charge in [-0.05, 0) is 66.1 Å². The molecule has 7 nitrogen and oxygen atoms in total. The topological polar surface area (TPSA) is 104 Å². The standard InChI is InChI=1S/C31H33NO6/c32-17-22-5-3-8-23(13-22)25-14-27-26(19-37-28-9-2-1-7-24(28)16-30(33)34)20-38-31(27)29(15-25)36-12-10-21-6-4-11-35-18-21/h1-3,5,7-9,13-15,20-21H,4,6,10-12,16-19,32H2,(H,33,34). The van der Waals surface area contributed by atoms with Crippen LogP contribution in [0.4, 0.5) is 0 Å². The minimum Gasteiger partial charge on any atom is -0.490 e. The van der Waals surface area contributed by atoms with Crippen molar-refractivity contribution >= 4 is 16.9 Å². The van der Waals surface area contributed by atoms with Crippen LogP contribution in [0.25, 0.3) is 22.1 Å². The molecule has 0 spiro atoms. The Morgan fingerprint density at radius 2 is 1.89 bits per heavy atom. The molecule has 1 saturated heterocycles. The first-order valence-electron chi connectivity index (χ1n) is 13.1. The molecule has 2 heterocycles. The molecule has 3 N–H and O–H groups in total. The van der Waals surface area contributed by atoms with E-state index in [1.165, 1.54) is 0 Å². The van der Waals surface area contributed by atoms with E-state index in [9.17, 15) is 9.90 Å². The number of carbonyl (C=O) groups is 1. The molecule has 0 aliphatic carbocycles. The Morgan fingerprint density at radius 3 is 2.71 bits per heavy atom. The first-order valence-corrected chi connectivity index (χ1v) is 13.1. The summed E-state index contributed by atoms with van der Waals surface area (Å²) >= 11 is 0. The van der Waals surface area contributed by atoms with Crippen LogP contribution in [0, 0.1) is 5.92 Å². The molecule has 3 aromatic carbocycles. The number of benzene rings is 3. The predicted molar refractivity (Wildman–Crippen MR) is 145 cm³/mol. The molecule has 1 fully saturated rings. The highest BCUT2D eigenvalue weighted by Gasteiger charge is 2.18. The highest BCUT2D eigenvalue weighted by Crippen LogP contribution is 2.37. The quantitative estimate of drug-likeness (QED) is 0.254. The minimum absolute atomic E-state index is 0.103. The maximum Gasteiger partial charge on any atom is 0.307 e. The van der Waals surface area contributed by atoms with Crippen LogP contribution < -0.4 is 15.2 Å². The lowest BCUT2D eigenvalue weighted by atomic mass is 9.99. The van der Waals surface area contributed by atoms with Crippen molar-refractivity contribution in [1.29, 1.82) is 0 Å². The van der Waals surface area contributed by atoms with Crippen molar-refractivity contribution in [2.45, 2.75) is 38.8 Å². The van der Waals surface area contributed by atoms with Gasteiger partial charge in [-0.15, -0.1) is 0 Å². The minimum atomic E-state index is -0.902. The molecule has 38 heavy (non-hydrogen) atoms. The van der Waals surface area contributed by atoms with E-state index in [1.807, 2.05) is 30.3 Å². The second-order valence-electron chi connectivity index (χ2n) is 9.70. The van der Waals surface area contributed by atoms with Crippen LogP contribution in [0.15, 0.2) is 71.3 Å². The number of rotatable bonds is 11. The number of hydrogen-bond acceptors (Lipinski definition) is 6. The Hall–Kier alpha value is -3.81. The number of aliphatic carboxylic acids is 1. The Kier molecular flexibility index (Phi) is 8.26. The molecule has 1 aliphatic rings. The van der Waals surface area contributed by atoms with Crippen LogP contribution in [0.5, 0.6) is 11.5 Å². The fourth-order valence-electron chi connectivity index (χ4n) is 4.90. The monoisotopic (exact) mass is 515 g/mol. The number of hydrogen-bond donors (Lipinski definition) is 2. The third-order valence-electron chi connectivity index (χ3n) is 6.95. The van der Waals surface area contributed by atoms with Gasteiger partial charge >= 0.3 is 5.97 Å². The van der Waals surface area contributed by atoms with E-state index in [0.717, 1.165) is 60.1 Å². The van der Waals surface area contributed by atoms with E-state index < -0.39 is 5.97 Å². The molecule has 4 aromatic rings. The summed E-state index contributed by atoms with van der Waals surface area (Å²) in [6.07, 6.45) is 4.76. The van der Waals surface area contributed by atoms with Gasteiger partial charge in [0, 0.05) is 36.3 Å². The van der Waals surface area contributed by atoms with Crippen molar-refractivity contribution in [2.75, 3.05) is 19.8 Å². The van der Waals surface area contributed by atoms with Crippen molar-refractivity contribution in [2.24, 2.45) is 11.7 Å². The summed E-state index contributed by atoms with van der Waals surface area (Å²) in [6, 6.07) is 19.5. The molecular weight excluding hydrogens is 482 g/mol. The van der Waals surface area contributed by atoms with Gasteiger partial charge in [0.2, 0.25) is 0 Å². The summed E-state index contributed by atoms with van der Waals surface area (Å²) in [6.45, 7) is 2.90. The molecule has 198 valence electrons. The van der Waals surface area contributed by atoms with Gasteiger partial charge in [0.1, 0.15) is 12.4 Å². The van der Waals surface area contributed by atoms with Crippen molar-refractivity contribution < 1.29 is 28.5 Å². The molecule has 1 unspecified atom stereocenters. The molecule has 1 aliphatic heterocycles. The van der Waals surface area contributed by atoms with E-state index >= 15 is 0 Å². The molecule has 1 aromatic heterocycles. The number of furan rings is 1. The zero-order chi connectivity index (χ0) is 26.3. The average Bonchev–Trinajstić information content (AvgIpc) is 3.36. The summed E-state index contributed by atoms with van der Waals surface area (Å²) in [5, 5.41) is 10.1. The van der Waals surface area contributed by atoms with Crippen LogP contribution in [-0.4, -0.2) is 30.9 Å². The molecule has 0 bridgehead atoms. The third kappa shape index (κ3) is 6.18. The summed E-state index contributed by atoms with van der Waals surface area (Å²) in [5.74, 6) is 0.836. The van der Waals surface area contributed by atoms with Crippen molar-refractivity contribution in [3.05, 3.63) is 83.6 Å². The number of ether oxygens (including phenoxy) is 3. The van der Waals surface area contributed by atoms with Crippen LogP contribution in [-0.2, 0) is 29.1 Å². The van der Waals surface area contributed by atoms with E-state index in [-0.39, 0.29) is 13.0 Å². The average molecular weight is 516 g/mol. The van der Waals surface area contributed by atoms with E-state index in [2.05, 4.69) is 18.2 Å². The highest BCUT2D eigenvalue weighted by atomic mass is 16.5. The normalized spacial score (nSPS) is 15.4. The van der Waals surface area contributed by atoms with Gasteiger partial charge in [-0.2, -0.15) is 0 Å². The molecule has 0 radical (unpaired) electrons. The fourth-order valence-corrected chi connectivity index (χ4v) is 4.90. The van der Waals surface area contributed by atoms with Crippen LogP contribution in [0.3, 0.4) is 0 Å². The largest absolute Gasteiger partial charge is 0.490 e. The fraction of sp³-hybridized carbons (Fsp3) is 0.323. The molecule has 0 saturated carbocycles. The van der Waals surface area contributed by atoms with Gasteiger partial charge in [-0.3, -0.25) is 4.79 Å². The van der Waals surface area contributed by atoms with Crippen LogP contribution in [0.1, 0.15) is 36.0 Å². The smallest absolute Gasteiger partial charge is 0.307 e. The lowest BCUT2D eigenvalue weighted by molar-refractivity contribution is -0.136. The zero-order valence-electron chi connectivity index (χ0n) is 21.4. The Balaban J connectivity index is 1.43. The first kappa shape index (κ1) is 25.8. The second-order valence-corrected chi connectivity index (χ2v) is 9.70. The van der Waals surface area contributed by atoms with Crippen molar-refractivity contribution in [3.63, 3.8) is 0 Å². The Bertz CT molecular complexity index is 1390. The number of carboxylic acid groups (broad SMARTS) is 1. The van der Waals surface area contributed by atoms with E-state index in [1.54, 1.807) is 18.4 Å². The summed E-state index contributed by atoms with van der Waals surface area (Å²) in [7, 11) is 0. The summed E-state index contributed by atoms with van der Waals surface area (Å²) in [5.41, 5.74) is 11.1. The predicted octanol–water partition coefficient (Wildman–Crippen LogP) is 5.96. The summed E-state index contributed by atoms with van der Waals surface area (Å²) in [4.78, 5) is 11.3. The van der Waals surface area contributed by atoms with E-state index in [0.29, 0.717) is 41.7 Å². The molecule has 7 heteroatoms. The van der Waals surface area contributed by atoms with Gasteiger partial charge < -0.3 is 29.5 Å². The Morgan fingerprint density at radius 1 is 1.00 bits per heavy atom. The third-order valence-corrected chi connectivity index (χ3v) is 6.95. The van der Waals surface area contributed by atoms with Gasteiger partial charge in [0.05, 0.1) is 19.3 Å². The highest BCUT2D eigenvalue weighted by molar-refractivity contribution is 5.91. The summed E-state index contributed by atoms with van der Waals surface area (Å²) < 4.78 is 24.0. The zero-order valence-corrected chi connectivity index (χ0v) is 21.4. The van der Waals surface area contributed by atoms with Crippen LogP contribution >= 0.6 is 0 Å². The maximum absolute atomic E-state index is 11.3. The van der Waals surface area contributed by atoms with Gasteiger partial charge in [0.15, 0.2) is 11.3 Å². The van der Waals surface area contributed by atoms with Crippen LogP contribution in [0.2, 0.25) is 0 Å². The van der Waals surface area contributed by atoms with Crippen molar-refractivity contribution in [1.82, 2.24) is 0 Å². The van der Waals surface area contributed by atoms with Gasteiger partial charge in [-0.1, -0.05) is 36.4 Å². The lowest BCUT2D eigenvalue weighted by Gasteiger charge is -2.22. The molecular formula is C31H33NO6. The van der Waals surface area contributed by atoms with Gasteiger partial charge in [0.25, 0.3) is 0 Å². The van der Waals surface area contributed by atoms with E-state index in [4.69, 9.17) is 24.4 Å². The number of carboxylic acids is 1. The molecule has 0 amide bonds. The maximum atomic E-state index is 11.3. The second kappa shape index (κ2) is 12.2.